The van der Waals surface area contributed by atoms with Crippen LogP contribution in [0.25, 0.3) is 20.4 Å². The lowest BCUT2D eigenvalue weighted by atomic mass is 9.97. The molecule has 0 radical (unpaired) electrons. The fourth-order valence-electron chi connectivity index (χ4n) is 3.21. The third-order valence-electron chi connectivity index (χ3n) is 5.02. The van der Waals surface area contributed by atoms with E-state index in [1.54, 1.807) is 31.5 Å². The highest BCUT2D eigenvalue weighted by Gasteiger charge is 2.16. The average molecular weight is 394 g/mol. The lowest BCUT2D eigenvalue weighted by molar-refractivity contribution is 0.0786. The Kier molecular flexibility index (Phi) is 4.82. The quantitative estimate of drug-likeness (QED) is 0.537. The van der Waals surface area contributed by atoms with Gasteiger partial charge in [-0.3, -0.25) is 0 Å². The number of fused-ring (bicyclic) bond motifs is 3. The van der Waals surface area contributed by atoms with Crippen molar-refractivity contribution in [3.8, 4) is 0 Å². The van der Waals surface area contributed by atoms with Gasteiger partial charge in [-0.2, -0.15) is 5.10 Å². The Hall–Kier alpha value is -2.48. The second-order valence-corrected chi connectivity index (χ2v) is 8.55. The summed E-state index contributed by atoms with van der Waals surface area (Å²) in [5.74, 6) is 0. The predicted molar refractivity (Wildman–Crippen MR) is 112 cm³/mol. The Bertz CT molecular complexity index is 1150. The number of thiophene rings is 1. The summed E-state index contributed by atoms with van der Waals surface area (Å²) in [4.78, 5) is 9.90. The molecule has 3 aromatic heterocycles. The molecule has 0 aliphatic carbocycles. The minimum Gasteiger partial charge on any atom is -0.386 e. The van der Waals surface area contributed by atoms with Gasteiger partial charge in [0.15, 0.2) is 0 Å². The van der Waals surface area contributed by atoms with Crippen molar-refractivity contribution in [2.75, 3.05) is 0 Å². The van der Waals surface area contributed by atoms with Crippen molar-refractivity contribution >= 4 is 31.8 Å². The summed E-state index contributed by atoms with van der Waals surface area (Å²) in [5.41, 5.74) is 5.23. The molecule has 3 heterocycles. The number of benzene rings is 1. The monoisotopic (exact) mass is 393 g/mol. The van der Waals surface area contributed by atoms with E-state index in [0.717, 1.165) is 55.1 Å². The van der Waals surface area contributed by atoms with Crippen LogP contribution in [-0.2, 0) is 18.7 Å². The largest absolute Gasteiger partial charge is 0.386 e. The first-order valence-corrected chi connectivity index (χ1v) is 10.0. The zero-order valence-electron chi connectivity index (χ0n) is 16.4. The Morgan fingerprint density at radius 3 is 2.50 bits per heavy atom. The van der Waals surface area contributed by atoms with Gasteiger partial charge in [-0.15, -0.1) is 16.4 Å². The van der Waals surface area contributed by atoms with Crippen molar-refractivity contribution in [1.82, 2.24) is 25.5 Å². The fourth-order valence-corrected chi connectivity index (χ4v) is 4.33. The summed E-state index contributed by atoms with van der Waals surface area (Å²) in [7, 11) is 0. The molecule has 4 rings (SSSR count). The van der Waals surface area contributed by atoms with Crippen LogP contribution >= 0.6 is 11.3 Å². The Labute approximate surface area is 167 Å². The van der Waals surface area contributed by atoms with Crippen LogP contribution in [-0.4, -0.2) is 25.3 Å². The van der Waals surface area contributed by atoms with E-state index in [0.29, 0.717) is 6.54 Å². The average Bonchev–Trinajstić information content (AvgIpc) is 3.05. The molecule has 4 aromatic rings. The normalized spacial score (nSPS) is 12.2. The van der Waals surface area contributed by atoms with Crippen molar-refractivity contribution in [3.05, 3.63) is 58.7 Å². The summed E-state index contributed by atoms with van der Waals surface area (Å²) in [6, 6.07) is 8.01. The van der Waals surface area contributed by atoms with Gasteiger partial charge >= 0.3 is 0 Å². The molecule has 0 saturated carbocycles. The third-order valence-corrected chi connectivity index (χ3v) is 6.13. The van der Waals surface area contributed by atoms with E-state index in [1.165, 1.54) is 0 Å². The van der Waals surface area contributed by atoms with E-state index >= 15 is 0 Å². The topological polar surface area (TPSA) is 83.8 Å². The van der Waals surface area contributed by atoms with Crippen molar-refractivity contribution in [1.29, 1.82) is 0 Å². The molecule has 0 unspecified atom stereocenters. The van der Waals surface area contributed by atoms with Crippen LogP contribution in [0, 0.1) is 13.8 Å². The fraction of sp³-hybridized carbons (Fsp3) is 0.333. The predicted octanol–water partition coefficient (Wildman–Crippen LogP) is 3.77. The molecule has 0 amide bonds. The van der Waals surface area contributed by atoms with E-state index in [2.05, 4.69) is 32.4 Å². The van der Waals surface area contributed by atoms with Gasteiger partial charge in [-0.25, -0.2) is 9.97 Å². The van der Waals surface area contributed by atoms with Crippen LogP contribution in [0.2, 0.25) is 0 Å². The minimum absolute atomic E-state index is 0.643. The SMILES string of the molecule is Cc1nnc2sc3c(CNCc4ccc(C(C)(C)O)cc4)ncnc3c2c1C. The number of nitrogens with zero attached hydrogens (tertiary/aromatic N) is 4. The van der Waals surface area contributed by atoms with E-state index < -0.39 is 5.60 Å². The zero-order chi connectivity index (χ0) is 19.9. The first-order chi connectivity index (χ1) is 13.3. The third kappa shape index (κ3) is 3.48. The number of rotatable bonds is 5. The number of nitrogens with one attached hydrogen (secondary N) is 1. The van der Waals surface area contributed by atoms with Crippen LogP contribution < -0.4 is 5.32 Å². The van der Waals surface area contributed by atoms with Gasteiger partial charge in [0.2, 0.25) is 0 Å². The molecule has 0 aliphatic heterocycles. The van der Waals surface area contributed by atoms with Crippen molar-refractivity contribution < 1.29 is 5.11 Å². The number of aromatic nitrogens is 4. The van der Waals surface area contributed by atoms with Crippen LogP contribution in [0.15, 0.2) is 30.6 Å². The Balaban J connectivity index is 1.55. The molecule has 0 fully saturated rings. The van der Waals surface area contributed by atoms with E-state index in [1.807, 2.05) is 31.2 Å². The first-order valence-electron chi connectivity index (χ1n) is 9.23. The van der Waals surface area contributed by atoms with Gasteiger partial charge in [0.25, 0.3) is 0 Å². The molecule has 0 saturated heterocycles. The standard InChI is InChI=1S/C21H23N5OS/c1-12-13(2)25-26-20-17(12)18-19(28-20)16(23-11-24-18)10-22-9-14-5-7-15(8-6-14)21(3,4)27/h5-8,11,22,27H,9-10H2,1-4H3. The smallest absolute Gasteiger partial charge is 0.149 e. The summed E-state index contributed by atoms with van der Waals surface area (Å²) in [6.07, 6.45) is 1.62. The molecule has 28 heavy (non-hydrogen) atoms. The van der Waals surface area contributed by atoms with Crippen molar-refractivity contribution in [2.45, 2.75) is 46.4 Å². The van der Waals surface area contributed by atoms with Gasteiger partial charge in [0, 0.05) is 18.5 Å². The molecular weight excluding hydrogens is 370 g/mol. The molecule has 0 aliphatic rings. The lowest BCUT2D eigenvalue weighted by Crippen LogP contribution is -2.16. The summed E-state index contributed by atoms with van der Waals surface area (Å²) >= 11 is 1.60. The number of aliphatic hydroxyl groups is 1. The Morgan fingerprint density at radius 1 is 1.04 bits per heavy atom. The summed E-state index contributed by atoms with van der Waals surface area (Å²) < 4.78 is 1.06. The van der Waals surface area contributed by atoms with Gasteiger partial charge in [-0.05, 0) is 44.4 Å². The highest BCUT2D eigenvalue weighted by Crippen LogP contribution is 2.34. The maximum absolute atomic E-state index is 10.1. The second kappa shape index (κ2) is 7.16. The molecule has 1 aromatic carbocycles. The molecule has 2 N–H and O–H groups in total. The van der Waals surface area contributed by atoms with E-state index in [-0.39, 0.29) is 0 Å². The highest BCUT2D eigenvalue weighted by atomic mass is 32.1. The summed E-state index contributed by atoms with van der Waals surface area (Å²) in [5, 5.41) is 23.2. The maximum atomic E-state index is 10.1. The minimum atomic E-state index is -0.820. The second-order valence-electron chi connectivity index (χ2n) is 7.55. The van der Waals surface area contributed by atoms with Gasteiger partial charge in [-0.1, -0.05) is 24.3 Å². The van der Waals surface area contributed by atoms with Gasteiger partial charge in [0.05, 0.1) is 27.2 Å². The molecule has 6 nitrogen and oxygen atoms in total. The molecule has 0 atom stereocenters. The Morgan fingerprint density at radius 2 is 1.79 bits per heavy atom. The molecular formula is C21H23N5OS. The van der Waals surface area contributed by atoms with Crippen molar-refractivity contribution in [2.24, 2.45) is 0 Å². The van der Waals surface area contributed by atoms with Gasteiger partial charge < -0.3 is 10.4 Å². The first kappa shape index (κ1) is 18.9. The molecule has 144 valence electrons. The zero-order valence-corrected chi connectivity index (χ0v) is 17.3. The van der Waals surface area contributed by atoms with E-state index in [4.69, 9.17) is 0 Å². The van der Waals surface area contributed by atoms with Crippen molar-refractivity contribution in [3.63, 3.8) is 0 Å². The van der Waals surface area contributed by atoms with Crippen LogP contribution in [0.3, 0.4) is 0 Å². The van der Waals surface area contributed by atoms with Crippen LogP contribution in [0.4, 0.5) is 0 Å². The number of aryl methyl sites for hydroxylation is 2. The van der Waals surface area contributed by atoms with Crippen LogP contribution in [0.5, 0.6) is 0 Å². The lowest BCUT2D eigenvalue weighted by Gasteiger charge is -2.18. The van der Waals surface area contributed by atoms with E-state index in [9.17, 15) is 5.11 Å². The highest BCUT2D eigenvalue weighted by molar-refractivity contribution is 7.25. The summed E-state index contributed by atoms with van der Waals surface area (Å²) in [6.45, 7) is 8.98. The number of hydrogen-bond donors (Lipinski definition) is 2. The number of hydrogen-bond acceptors (Lipinski definition) is 7. The van der Waals surface area contributed by atoms with Gasteiger partial charge in [0.1, 0.15) is 11.2 Å². The molecule has 0 spiro atoms. The molecule has 7 heteroatoms. The molecule has 0 bridgehead atoms. The van der Waals surface area contributed by atoms with Crippen LogP contribution in [0.1, 0.15) is 41.9 Å². The maximum Gasteiger partial charge on any atom is 0.149 e.